The first kappa shape index (κ1) is 25.7. The number of amides is 2. The number of benzene rings is 2. The van der Waals surface area contributed by atoms with Crippen molar-refractivity contribution in [3.63, 3.8) is 0 Å². The number of pyridine rings is 2. The summed E-state index contributed by atoms with van der Waals surface area (Å²) in [5.41, 5.74) is 9.84. The second-order valence-electron chi connectivity index (χ2n) is 10.4. The predicted molar refractivity (Wildman–Crippen MR) is 155 cm³/mol. The minimum atomic E-state index is -0.0678. The van der Waals surface area contributed by atoms with Crippen LogP contribution in [0.5, 0.6) is 0 Å². The summed E-state index contributed by atoms with van der Waals surface area (Å²) in [7, 11) is 0. The maximum Gasteiger partial charge on any atom is 0.251 e. The van der Waals surface area contributed by atoms with Gasteiger partial charge in [0.2, 0.25) is 5.91 Å². The van der Waals surface area contributed by atoms with Gasteiger partial charge < -0.3 is 10.2 Å². The first-order chi connectivity index (χ1) is 19.7. The molecule has 200 valence electrons. The fraction of sp³-hybridized carbons (Fsp3) is 0.235. The summed E-state index contributed by atoms with van der Waals surface area (Å²) in [6.07, 6.45) is 9.07. The normalized spacial score (nSPS) is 14.7. The second-order valence-corrected chi connectivity index (χ2v) is 10.4. The Balaban J connectivity index is 1.25. The van der Waals surface area contributed by atoms with Crippen molar-refractivity contribution in [1.29, 1.82) is 0 Å². The van der Waals surface area contributed by atoms with Crippen LogP contribution in [0.25, 0.3) is 5.57 Å². The molecule has 1 saturated heterocycles. The Morgan fingerprint density at radius 2 is 1.55 bits per heavy atom. The molecule has 2 aliphatic rings. The molecule has 0 atom stereocenters. The molecule has 2 aromatic carbocycles. The zero-order valence-electron chi connectivity index (χ0n) is 22.5. The number of nitrogens with zero attached hydrogens (tertiary/aromatic N) is 3. The number of hydrogen-bond donors (Lipinski definition) is 1. The van der Waals surface area contributed by atoms with E-state index < -0.39 is 0 Å². The topological polar surface area (TPSA) is 75.2 Å². The zero-order chi connectivity index (χ0) is 27.3. The number of carbonyl (C=O) groups excluding carboxylic acids is 2. The number of carbonyl (C=O) groups is 2. The van der Waals surface area contributed by atoms with Gasteiger partial charge in [0.25, 0.3) is 5.91 Å². The van der Waals surface area contributed by atoms with Gasteiger partial charge in [-0.3, -0.25) is 19.6 Å². The van der Waals surface area contributed by atoms with Crippen molar-refractivity contribution >= 4 is 17.4 Å². The third kappa shape index (κ3) is 5.57. The van der Waals surface area contributed by atoms with E-state index in [-0.39, 0.29) is 11.8 Å². The van der Waals surface area contributed by atoms with Crippen molar-refractivity contribution in [1.82, 2.24) is 20.2 Å². The average Bonchev–Trinajstić information content (AvgIpc) is 3.17. The molecule has 0 unspecified atom stereocenters. The lowest BCUT2D eigenvalue weighted by Gasteiger charge is -2.30. The Labute approximate surface area is 234 Å². The molecule has 2 amide bonds. The molecule has 0 saturated carbocycles. The van der Waals surface area contributed by atoms with E-state index in [1.165, 1.54) is 22.3 Å². The molecule has 6 heteroatoms. The lowest BCUT2D eigenvalue weighted by Crippen LogP contribution is -2.37. The van der Waals surface area contributed by atoms with Gasteiger partial charge in [0, 0.05) is 49.4 Å². The molecule has 3 heterocycles. The number of piperidine rings is 1. The fourth-order valence-electron chi connectivity index (χ4n) is 5.75. The number of nitrogens with one attached hydrogen (secondary N) is 1. The van der Waals surface area contributed by atoms with E-state index >= 15 is 0 Å². The Morgan fingerprint density at radius 1 is 0.775 bits per heavy atom. The van der Waals surface area contributed by atoms with Crippen molar-refractivity contribution in [2.24, 2.45) is 0 Å². The maximum absolute atomic E-state index is 13.0. The van der Waals surface area contributed by atoms with Gasteiger partial charge in [-0.1, -0.05) is 48.0 Å². The van der Waals surface area contributed by atoms with Crippen LogP contribution in [0, 0.1) is 0 Å². The molecule has 1 N–H and O–H groups in total. The standard InChI is InChI=1S/C34H32N4O2/c39-31(21-24-12-17-35-18-13-24)38-19-14-26(15-20-38)32-30-11-10-29(34(40)37-23-25-5-2-1-3-6-25)22-28(30)9-8-27-7-4-16-36-33(27)32/h1-7,10-13,16-18,22H,8-9,14-15,19-21,23H2,(H,37,40). The van der Waals surface area contributed by atoms with Gasteiger partial charge in [0.05, 0.1) is 12.1 Å². The highest BCUT2D eigenvalue weighted by atomic mass is 16.2. The molecule has 6 nitrogen and oxygen atoms in total. The summed E-state index contributed by atoms with van der Waals surface area (Å²) in [5, 5.41) is 3.06. The predicted octanol–water partition coefficient (Wildman–Crippen LogP) is 5.17. The third-order valence-electron chi connectivity index (χ3n) is 7.90. The van der Waals surface area contributed by atoms with Crippen molar-refractivity contribution in [2.75, 3.05) is 13.1 Å². The van der Waals surface area contributed by atoms with E-state index in [0.29, 0.717) is 31.6 Å². The molecule has 1 aliphatic carbocycles. The highest BCUT2D eigenvalue weighted by Gasteiger charge is 2.27. The smallest absolute Gasteiger partial charge is 0.251 e. The van der Waals surface area contributed by atoms with Gasteiger partial charge in [-0.25, -0.2) is 0 Å². The van der Waals surface area contributed by atoms with Crippen molar-refractivity contribution < 1.29 is 9.59 Å². The monoisotopic (exact) mass is 528 g/mol. The van der Waals surface area contributed by atoms with Crippen LogP contribution >= 0.6 is 0 Å². The van der Waals surface area contributed by atoms with Crippen LogP contribution < -0.4 is 5.32 Å². The van der Waals surface area contributed by atoms with E-state index in [9.17, 15) is 9.59 Å². The van der Waals surface area contributed by atoms with Crippen molar-refractivity contribution in [3.05, 3.63) is 136 Å². The number of rotatable bonds is 5. The molecule has 0 radical (unpaired) electrons. The molecular formula is C34H32N4O2. The summed E-state index contributed by atoms with van der Waals surface area (Å²) in [6, 6.07) is 24.0. The molecule has 1 aliphatic heterocycles. The van der Waals surface area contributed by atoms with Crippen molar-refractivity contribution in [3.8, 4) is 0 Å². The van der Waals surface area contributed by atoms with Gasteiger partial charge in [-0.05, 0) is 83.8 Å². The molecule has 0 bridgehead atoms. The number of likely N-dealkylation sites (tertiary alicyclic amines) is 1. The lowest BCUT2D eigenvalue weighted by molar-refractivity contribution is -0.130. The largest absolute Gasteiger partial charge is 0.348 e. The summed E-state index contributed by atoms with van der Waals surface area (Å²) in [6.45, 7) is 1.89. The van der Waals surface area contributed by atoms with E-state index in [1.807, 2.05) is 65.7 Å². The third-order valence-corrected chi connectivity index (χ3v) is 7.90. The van der Waals surface area contributed by atoms with E-state index in [2.05, 4.69) is 28.5 Å². The number of aryl methyl sites for hydroxylation is 2. The van der Waals surface area contributed by atoms with Crippen LogP contribution in [0.2, 0.25) is 0 Å². The van der Waals surface area contributed by atoms with E-state index in [0.717, 1.165) is 48.1 Å². The summed E-state index contributed by atoms with van der Waals surface area (Å²) in [4.78, 5) is 36.9. The van der Waals surface area contributed by atoms with Gasteiger partial charge in [0.15, 0.2) is 0 Å². The van der Waals surface area contributed by atoms with E-state index in [1.54, 1.807) is 12.4 Å². The van der Waals surface area contributed by atoms with Gasteiger partial charge in [-0.15, -0.1) is 0 Å². The molecule has 2 aromatic heterocycles. The number of aromatic nitrogens is 2. The highest BCUT2D eigenvalue weighted by molar-refractivity contribution is 5.95. The van der Waals surface area contributed by atoms with Crippen LogP contribution in [0.1, 0.15) is 56.7 Å². The van der Waals surface area contributed by atoms with Crippen LogP contribution in [0.4, 0.5) is 0 Å². The minimum Gasteiger partial charge on any atom is -0.348 e. The fourth-order valence-corrected chi connectivity index (χ4v) is 5.75. The number of hydrogen-bond acceptors (Lipinski definition) is 4. The highest BCUT2D eigenvalue weighted by Crippen LogP contribution is 2.38. The van der Waals surface area contributed by atoms with Gasteiger partial charge in [-0.2, -0.15) is 0 Å². The maximum atomic E-state index is 13.0. The van der Waals surface area contributed by atoms with Crippen LogP contribution in [0.15, 0.2) is 97.0 Å². The minimum absolute atomic E-state index is 0.0678. The Hall–Kier alpha value is -4.58. The van der Waals surface area contributed by atoms with Crippen LogP contribution in [-0.4, -0.2) is 39.8 Å². The number of fused-ring (bicyclic) bond motifs is 2. The Kier molecular flexibility index (Phi) is 7.49. The summed E-state index contributed by atoms with van der Waals surface area (Å²) in [5.74, 6) is 0.0861. The molecular weight excluding hydrogens is 496 g/mol. The summed E-state index contributed by atoms with van der Waals surface area (Å²) >= 11 is 0. The Morgan fingerprint density at radius 3 is 2.35 bits per heavy atom. The molecule has 4 aromatic rings. The average molecular weight is 529 g/mol. The van der Waals surface area contributed by atoms with Crippen LogP contribution in [0.3, 0.4) is 0 Å². The summed E-state index contributed by atoms with van der Waals surface area (Å²) < 4.78 is 0. The lowest BCUT2D eigenvalue weighted by atomic mass is 9.88. The van der Waals surface area contributed by atoms with Crippen molar-refractivity contribution in [2.45, 2.75) is 38.6 Å². The molecule has 0 spiro atoms. The van der Waals surface area contributed by atoms with Crippen LogP contribution in [-0.2, 0) is 30.6 Å². The van der Waals surface area contributed by atoms with Gasteiger partial charge >= 0.3 is 0 Å². The SMILES string of the molecule is O=C(NCc1ccccc1)c1ccc2c(c1)CCc1cccnc1C2=C1CCN(C(=O)Cc2ccncc2)CC1. The quantitative estimate of drug-likeness (QED) is 0.388. The first-order valence-corrected chi connectivity index (χ1v) is 13.9. The second kappa shape index (κ2) is 11.7. The van der Waals surface area contributed by atoms with Gasteiger partial charge in [0.1, 0.15) is 0 Å². The molecule has 40 heavy (non-hydrogen) atoms. The van der Waals surface area contributed by atoms with E-state index in [4.69, 9.17) is 4.98 Å². The molecule has 1 fully saturated rings. The first-order valence-electron chi connectivity index (χ1n) is 13.9. The molecule has 6 rings (SSSR count). The zero-order valence-corrected chi connectivity index (χ0v) is 22.5. The Bertz CT molecular complexity index is 1550.